The molecule has 0 amide bonds. The number of hydrogen-bond donors (Lipinski definition) is 1. The Morgan fingerprint density at radius 1 is 0.588 bits per heavy atom. The topological polar surface area (TPSA) is 42.4 Å². The van der Waals surface area contributed by atoms with Gasteiger partial charge < -0.3 is 15.1 Å². The van der Waals surface area contributed by atoms with E-state index in [0.717, 1.165) is 44.7 Å². The molecule has 0 saturated heterocycles. The first-order chi connectivity index (χ1) is 25.1. The van der Waals surface area contributed by atoms with Crippen LogP contribution in [0, 0.1) is 5.92 Å². The van der Waals surface area contributed by atoms with Gasteiger partial charge in [0.15, 0.2) is 5.88 Å². The van der Waals surface area contributed by atoms with E-state index in [1.807, 2.05) is 18.2 Å². The molecular formula is C48H36N2O. The van der Waals surface area contributed by atoms with Gasteiger partial charge in [0.2, 0.25) is 0 Å². The van der Waals surface area contributed by atoms with Crippen molar-refractivity contribution in [3.8, 4) is 22.3 Å². The first kappa shape index (κ1) is 30.5. The Morgan fingerprint density at radius 2 is 1.20 bits per heavy atom. The normalized spacial score (nSPS) is 15.1. The molecule has 1 aliphatic carbocycles. The molecule has 244 valence electrons. The fraction of sp³-hybridized carbons (Fsp3) is 0.0417. The van der Waals surface area contributed by atoms with Crippen molar-refractivity contribution < 1.29 is 4.42 Å². The summed E-state index contributed by atoms with van der Waals surface area (Å²) in [7, 11) is 0. The van der Waals surface area contributed by atoms with Crippen LogP contribution in [0.4, 0.5) is 17.3 Å². The first-order valence-electron chi connectivity index (χ1n) is 17.5. The van der Waals surface area contributed by atoms with E-state index in [1.54, 1.807) is 0 Å². The third-order valence-corrected chi connectivity index (χ3v) is 10.1. The Bertz CT molecular complexity index is 2660. The number of para-hydroxylation sites is 1. The average Bonchev–Trinajstić information content (AvgIpc) is 3.50. The Balaban J connectivity index is 1.22. The summed E-state index contributed by atoms with van der Waals surface area (Å²) in [5.41, 5.74) is 17.4. The number of fused-ring (bicyclic) bond motifs is 3. The molecule has 3 nitrogen and oxygen atoms in total. The summed E-state index contributed by atoms with van der Waals surface area (Å²) in [6, 6.07) is 56.1. The van der Waals surface area contributed by atoms with E-state index in [-0.39, 0.29) is 5.92 Å². The average molecular weight is 657 g/mol. The SMILES string of the molecule is CC1C=CC=C(N(c2ccc(-c3cccc4ccccc34)cc2)c2cccc(-c3cccc4ccccc34)c2)/C1=C/c1c(N)oc2ccccc12. The lowest BCUT2D eigenvalue weighted by atomic mass is 9.89. The molecule has 0 bridgehead atoms. The maximum atomic E-state index is 6.54. The van der Waals surface area contributed by atoms with E-state index >= 15 is 0 Å². The Kier molecular flexibility index (Phi) is 7.59. The molecule has 0 fully saturated rings. The van der Waals surface area contributed by atoms with Crippen molar-refractivity contribution in [2.45, 2.75) is 6.92 Å². The fourth-order valence-electron chi connectivity index (χ4n) is 7.53. The highest BCUT2D eigenvalue weighted by atomic mass is 16.3. The van der Waals surface area contributed by atoms with Crippen LogP contribution in [0.25, 0.3) is 60.8 Å². The predicted molar refractivity (Wildman–Crippen MR) is 216 cm³/mol. The van der Waals surface area contributed by atoms with Crippen molar-refractivity contribution in [1.29, 1.82) is 0 Å². The second-order valence-corrected chi connectivity index (χ2v) is 13.2. The van der Waals surface area contributed by atoms with Crippen LogP contribution >= 0.6 is 0 Å². The number of hydrogen-bond acceptors (Lipinski definition) is 3. The van der Waals surface area contributed by atoms with Gasteiger partial charge in [0.05, 0.1) is 0 Å². The molecule has 1 heterocycles. The lowest BCUT2D eigenvalue weighted by molar-refractivity contribution is 0.636. The second-order valence-electron chi connectivity index (χ2n) is 13.2. The molecule has 9 rings (SSSR count). The molecular weight excluding hydrogens is 621 g/mol. The Morgan fingerprint density at radius 3 is 1.92 bits per heavy atom. The van der Waals surface area contributed by atoms with Crippen LogP contribution in [-0.4, -0.2) is 0 Å². The minimum absolute atomic E-state index is 0.136. The summed E-state index contributed by atoms with van der Waals surface area (Å²) in [6.45, 7) is 2.24. The smallest absolute Gasteiger partial charge is 0.198 e. The van der Waals surface area contributed by atoms with E-state index in [2.05, 4.69) is 176 Å². The molecule has 3 heteroatoms. The van der Waals surface area contributed by atoms with Gasteiger partial charge in [-0.15, -0.1) is 0 Å². The number of allylic oxidation sites excluding steroid dienone is 4. The number of nitrogens with two attached hydrogens (primary N) is 1. The minimum Gasteiger partial charge on any atom is -0.440 e. The van der Waals surface area contributed by atoms with Crippen molar-refractivity contribution in [2.24, 2.45) is 5.92 Å². The molecule has 0 saturated carbocycles. The Labute approximate surface area is 297 Å². The zero-order valence-electron chi connectivity index (χ0n) is 28.3. The van der Waals surface area contributed by atoms with E-state index in [9.17, 15) is 0 Å². The minimum atomic E-state index is 0.136. The van der Waals surface area contributed by atoms with Gasteiger partial charge in [0.1, 0.15) is 5.58 Å². The highest BCUT2D eigenvalue weighted by Gasteiger charge is 2.25. The van der Waals surface area contributed by atoms with Gasteiger partial charge in [-0.1, -0.05) is 146 Å². The lowest BCUT2D eigenvalue weighted by Crippen LogP contribution is -2.21. The van der Waals surface area contributed by atoms with Crippen LogP contribution in [0.3, 0.4) is 0 Å². The monoisotopic (exact) mass is 656 g/mol. The van der Waals surface area contributed by atoms with E-state index < -0.39 is 0 Å². The molecule has 1 aromatic heterocycles. The van der Waals surface area contributed by atoms with Gasteiger partial charge >= 0.3 is 0 Å². The van der Waals surface area contributed by atoms with Gasteiger partial charge in [0, 0.05) is 33.9 Å². The van der Waals surface area contributed by atoms with E-state index in [0.29, 0.717) is 5.88 Å². The molecule has 0 aliphatic heterocycles. The van der Waals surface area contributed by atoms with Crippen molar-refractivity contribution >= 4 is 55.8 Å². The van der Waals surface area contributed by atoms with E-state index in [4.69, 9.17) is 10.2 Å². The molecule has 0 spiro atoms. The maximum Gasteiger partial charge on any atom is 0.198 e. The fourth-order valence-corrected chi connectivity index (χ4v) is 7.53. The quantitative estimate of drug-likeness (QED) is 0.194. The highest BCUT2D eigenvalue weighted by Crippen LogP contribution is 2.42. The van der Waals surface area contributed by atoms with Crippen molar-refractivity contribution in [3.05, 3.63) is 193 Å². The zero-order valence-corrected chi connectivity index (χ0v) is 28.3. The molecule has 2 N–H and O–H groups in total. The second kappa shape index (κ2) is 12.7. The van der Waals surface area contributed by atoms with Gasteiger partial charge in [-0.2, -0.15) is 0 Å². The van der Waals surface area contributed by atoms with Crippen LogP contribution in [0.5, 0.6) is 0 Å². The highest BCUT2D eigenvalue weighted by molar-refractivity contribution is 5.99. The van der Waals surface area contributed by atoms with Crippen LogP contribution < -0.4 is 10.6 Å². The molecule has 8 aromatic rings. The standard InChI is InChI=1S/C48H36N2O/c1-32-12-8-24-46(44(32)31-45-43-21-6-7-25-47(43)51-48(45)49)50(37-28-26-35(27-29-37)41-22-10-15-33-13-2-4-19-39(33)41)38-18-9-17-36(30-38)42-23-11-16-34-14-3-5-20-40(34)42/h2-32H,49H2,1H3/b44-31+. The number of nitrogen functional groups attached to an aromatic ring is 1. The number of benzene rings is 7. The van der Waals surface area contributed by atoms with Crippen LogP contribution in [-0.2, 0) is 0 Å². The van der Waals surface area contributed by atoms with Crippen molar-refractivity contribution in [1.82, 2.24) is 0 Å². The molecule has 1 aliphatic rings. The predicted octanol–water partition coefficient (Wildman–Crippen LogP) is 13.0. The van der Waals surface area contributed by atoms with Gasteiger partial charge in [-0.25, -0.2) is 0 Å². The van der Waals surface area contributed by atoms with E-state index in [1.165, 1.54) is 38.2 Å². The molecule has 1 atom stereocenters. The number of anilines is 3. The molecule has 51 heavy (non-hydrogen) atoms. The van der Waals surface area contributed by atoms with Crippen molar-refractivity contribution in [2.75, 3.05) is 10.6 Å². The summed E-state index contributed by atoms with van der Waals surface area (Å²) >= 11 is 0. The third kappa shape index (κ3) is 5.50. The molecule has 1 unspecified atom stereocenters. The van der Waals surface area contributed by atoms with Crippen LogP contribution in [0.1, 0.15) is 12.5 Å². The summed E-state index contributed by atoms with van der Waals surface area (Å²) in [5, 5.41) is 5.95. The third-order valence-electron chi connectivity index (χ3n) is 10.1. The Hall–Kier alpha value is -6.58. The summed E-state index contributed by atoms with van der Waals surface area (Å²) in [5.74, 6) is 0.561. The van der Waals surface area contributed by atoms with Crippen molar-refractivity contribution in [3.63, 3.8) is 0 Å². The summed E-state index contributed by atoms with van der Waals surface area (Å²) in [4.78, 5) is 2.38. The lowest BCUT2D eigenvalue weighted by Gasteiger charge is -2.33. The first-order valence-corrected chi connectivity index (χ1v) is 17.5. The molecule has 0 radical (unpaired) electrons. The van der Waals surface area contributed by atoms with Gasteiger partial charge in [0.25, 0.3) is 0 Å². The van der Waals surface area contributed by atoms with Crippen LogP contribution in [0.15, 0.2) is 192 Å². The number of rotatable bonds is 6. The summed E-state index contributed by atoms with van der Waals surface area (Å²) < 4.78 is 6.01. The number of nitrogens with zero attached hydrogens (tertiary/aromatic N) is 1. The summed E-state index contributed by atoms with van der Waals surface area (Å²) in [6.07, 6.45) is 8.84. The van der Waals surface area contributed by atoms with Gasteiger partial charge in [-0.05, 0) is 91.9 Å². The van der Waals surface area contributed by atoms with Gasteiger partial charge in [-0.3, -0.25) is 0 Å². The number of furan rings is 1. The largest absolute Gasteiger partial charge is 0.440 e. The zero-order chi connectivity index (χ0) is 34.3. The van der Waals surface area contributed by atoms with Crippen LogP contribution in [0.2, 0.25) is 0 Å². The molecule has 7 aromatic carbocycles. The maximum absolute atomic E-state index is 6.54.